The third-order valence-corrected chi connectivity index (χ3v) is 6.06. The van der Waals surface area contributed by atoms with Crippen molar-refractivity contribution in [1.82, 2.24) is 14.9 Å². The Balaban J connectivity index is 1.37. The first kappa shape index (κ1) is 20.9. The summed E-state index contributed by atoms with van der Waals surface area (Å²) < 4.78 is 15.5. The molecule has 7 heteroatoms. The van der Waals surface area contributed by atoms with Crippen molar-refractivity contribution in [3.63, 3.8) is 0 Å². The molecule has 1 aromatic heterocycles. The van der Waals surface area contributed by atoms with Crippen LogP contribution in [0.4, 0.5) is 10.1 Å². The average Bonchev–Trinajstić information content (AvgIpc) is 3.43. The van der Waals surface area contributed by atoms with Crippen LogP contribution in [-0.4, -0.2) is 27.9 Å². The zero-order chi connectivity index (χ0) is 22.8. The lowest BCUT2D eigenvalue weighted by atomic mass is 10.0. The molecule has 2 amide bonds. The molecule has 1 N–H and O–H groups in total. The number of nitrogens with one attached hydrogen (secondary N) is 1. The van der Waals surface area contributed by atoms with Gasteiger partial charge in [-0.15, -0.1) is 0 Å². The van der Waals surface area contributed by atoms with E-state index >= 15 is 0 Å². The summed E-state index contributed by atoms with van der Waals surface area (Å²) >= 11 is 0. The lowest BCUT2D eigenvalue weighted by Crippen LogP contribution is -2.37. The van der Waals surface area contributed by atoms with E-state index in [0.29, 0.717) is 13.1 Å². The molecule has 3 aromatic carbocycles. The normalized spacial score (nSPS) is 16.8. The van der Waals surface area contributed by atoms with E-state index in [-0.39, 0.29) is 24.1 Å². The summed E-state index contributed by atoms with van der Waals surface area (Å²) in [5.41, 5.74) is 3.39. The number of fused-ring (bicyclic) bond motifs is 1. The van der Waals surface area contributed by atoms with Gasteiger partial charge in [0.25, 0.3) is 0 Å². The Hall–Kier alpha value is -4.00. The van der Waals surface area contributed by atoms with Crippen molar-refractivity contribution in [3.05, 3.63) is 96.6 Å². The van der Waals surface area contributed by atoms with Gasteiger partial charge in [-0.2, -0.15) is 0 Å². The van der Waals surface area contributed by atoms with Gasteiger partial charge >= 0.3 is 0 Å². The molecule has 1 aliphatic rings. The van der Waals surface area contributed by atoms with Gasteiger partial charge in [-0.25, -0.2) is 9.37 Å². The van der Waals surface area contributed by atoms with Gasteiger partial charge in [0.2, 0.25) is 11.8 Å². The molecule has 0 unspecified atom stereocenters. The second kappa shape index (κ2) is 8.86. The van der Waals surface area contributed by atoms with Crippen LogP contribution in [0.25, 0.3) is 11.0 Å². The van der Waals surface area contributed by atoms with Crippen molar-refractivity contribution in [2.24, 2.45) is 5.92 Å². The third-order valence-electron chi connectivity index (χ3n) is 6.06. The minimum Gasteiger partial charge on any atom is -0.347 e. The molecule has 0 radical (unpaired) electrons. The van der Waals surface area contributed by atoms with E-state index in [1.807, 2.05) is 59.2 Å². The number of benzene rings is 3. The van der Waals surface area contributed by atoms with Crippen LogP contribution < -0.4 is 10.2 Å². The van der Waals surface area contributed by atoms with E-state index in [2.05, 4.69) is 10.3 Å². The molecule has 33 heavy (non-hydrogen) atoms. The van der Waals surface area contributed by atoms with Gasteiger partial charge in [-0.1, -0.05) is 42.5 Å². The van der Waals surface area contributed by atoms with Crippen molar-refractivity contribution >= 4 is 28.5 Å². The molecule has 1 aliphatic heterocycles. The molecule has 6 nitrogen and oxygen atoms in total. The van der Waals surface area contributed by atoms with Crippen LogP contribution in [0.15, 0.2) is 85.2 Å². The summed E-state index contributed by atoms with van der Waals surface area (Å²) in [7, 11) is 0. The lowest BCUT2D eigenvalue weighted by Gasteiger charge is -2.22. The summed E-state index contributed by atoms with van der Waals surface area (Å²) in [6.45, 7) is 0.764. The molecule has 166 valence electrons. The SMILES string of the molecule is O=C(N[C@H](Cn1cnc2ccccc21)c1ccc(F)cc1)[C@H]1CC(=O)N(c2ccccc2)C1. The molecule has 1 fully saturated rings. The van der Waals surface area contributed by atoms with Gasteiger partial charge in [0.15, 0.2) is 0 Å². The first-order valence-corrected chi connectivity index (χ1v) is 10.9. The number of carbonyl (C=O) groups is 2. The van der Waals surface area contributed by atoms with Crippen LogP contribution in [0.2, 0.25) is 0 Å². The minimum atomic E-state index is -0.458. The molecule has 5 rings (SSSR count). The predicted octanol–water partition coefficient (Wildman–Crippen LogP) is 4.09. The van der Waals surface area contributed by atoms with Gasteiger partial charge in [0.1, 0.15) is 5.82 Å². The van der Waals surface area contributed by atoms with Crippen LogP contribution in [0.5, 0.6) is 0 Å². The lowest BCUT2D eigenvalue weighted by molar-refractivity contribution is -0.127. The summed E-state index contributed by atoms with van der Waals surface area (Å²) in [4.78, 5) is 31.9. The average molecular weight is 442 g/mol. The molecule has 4 aromatic rings. The fourth-order valence-corrected chi connectivity index (χ4v) is 4.31. The topological polar surface area (TPSA) is 67.2 Å². The highest BCUT2D eigenvalue weighted by molar-refractivity contribution is 6.00. The molecule has 0 bridgehead atoms. The summed E-state index contributed by atoms with van der Waals surface area (Å²) in [5.74, 6) is -1.06. The van der Waals surface area contributed by atoms with Crippen LogP contribution in [-0.2, 0) is 16.1 Å². The minimum absolute atomic E-state index is 0.0692. The maximum absolute atomic E-state index is 13.5. The largest absolute Gasteiger partial charge is 0.347 e. The monoisotopic (exact) mass is 442 g/mol. The maximum atomic E-state index is 13.5. The number of hydrogen-bond acceptors (Lipinski definition) is 3. The van der Waals surface area contributed by atoms with Crippen molar-refractivity contribution in [3.8, 4) is 0 Å². The number of amides is 2. The highest BCUT2D eigenvalue weighted by atomic mass is 19.1. The van der Waals surface area contributed by atoms with Crippen molar-refractivity contribution in [1.29, 1.82) is 0 Å². The Labute approximate surface area is 190 Å². The number of para-hydroxylation sites is 3. The van der Waals surface area contributed by atoms with E-state index in [4.69, 9.17) is 0 Å². The van der Waals surface area contributed by atoms with E-state index in [9.17, 15) is 14.0 Å². The number of nitrogens with zero attached hydrogens (tertiary/aromatic N) is 3. The van der Waals surface area contributed by atoms with E-state index < -0.39 is 12.0 Å². The fraction of sp³-hybridized carbons (Fsp3) is 0.192. The van der Waals surface area contributed by atoms with Gasteiger partial charge in [0, 0.05) is 25.2 Å². The van der Waals surface area contributed by atoms with Crippen molar-refractivity contribution in [2.45, 2.75) is 19.0 Å². The van der Waals surface area contributed by atoms with Gasteiger partial charge in [-0.05, 0) is 42.0 Å². The molecule has 1 saturated heterocycles. The van der Waals surface area contributed by atoms with E-state index in [0.717, 1.165) is 22.3 Å². The molecule has 2 atom stereocenters. The number of aromatic nitrogens is 2. The summed E-state index contributed by atoms with van der Waals surface area (Å²) in [5, 5.41) is 3.10. The first-order chi connectivity index (χ1) is 16.1. The maximum Gasteiger partial charge on any atom is 0.227 e. The van der Waals surface area contributed by atoms with E-state index in [1.165, 1.54) is 12.1 Å². The third kappa shape index (κ3) is 4.35. The Kier molecular flexibility index (Phi) is 5.60. The summed E-state index contributed by atoms with van der Waals surface area (Å²) in [6, 6.07) is 22.8. The standard InChI is InChI=1S/C26H23FN4O2/c27-20-12-10-18(11-13-20)23(16-30-17-28-22-8-4-5-9-24(22)30)29-26(33)19-14-25(32)31(15-19)21-6-2-1-3-7-21/h1-13,17,19,23H,14-16H2,(H,29,33)/t19-,23+/m0/s1. The molecular formula is C26H23FN4O2. The molecule has 0 aliphatic carbocycles. The molecule has 0 saturated carbocycles. The second-order valence-corrected chi connectivity index (χ2v) is 8.24. The van der Waals surface area contributed by atoms with Gasteiger partial charge in [0.05, 0.1) is 29.3 Å². The Bertz CT molecular complexity index is 1290. The van der Waals surface area contributed by atoms with Gasteiger partial charge < -0.3 is 14.8 Å². The van der Waals surface area contributed by atoms with Crippen LogP contribution in [0, 0.1) is 11.7 Å². The quantitative estimate of drug-likeness (QED) is 0.489. The van der Waals surface area contributed by atoms with Crippen LogP contribution in [0.3, 0.4) is 0 Å². The first-order valence-electron chi connectivity index (χ1n) is 10.9. The van der Waals surface area contributed by atoms with E-state index in [1.54, 1.807) is 23.4 Å². The highest BCUT2D eigenvalue weighted by Crippen LogP contribution is 2.26. The van der Waals surface area contributed by atoms with Crippen molar-refractivity contribution < 1.29 is 14.0 Å². The highest BCUT2D eigenvalue weighted by Gasteiger charge is 2.36. The smallest absolute Gasteiger partial charge is 0.227 e. The summed E-state index contributed by atoms with van der Waals surface area (Å²) in [6.07, 6.45) is 1.90. The molecule has 0 spiro atoms. The van der Waals surface area contributed by atoms with Crippen LogP contribution >= 0.6 is 0 Å². The fourth-order valence-electron chi connectivity index (χ4n) is 4.31. The molecule has 2 heterocycles. The van der Waals surface area contributed by atoms with Crippen molar-refractivity contribution in [2.75, 3.05) is 11.4 Å². The number of anilines is 1. The molecular weight excluding hydrogens is 419 g/mol. The predicted molar refractivity (Wildman–Crippen MR) is 124 cm³/mol. The number of halogens is 1. The Morgan fingerprint density at radius 2 is 1.76 bits per heavy atom. The number of rotatable bonds is 6. The Morgan fingerprint density at radius 3 is 2.55 bits per heavy atom. The number of hydrogen-bond donors (Lipinski definition) is 1. The number of imidazole rings is 1. The zero-order valence-electron chi connectivity index (χ0n) is 17.9. The second-order valence-electron chi connectivity index (χ2n) is 8.24. The Morgan fingerprint density at radius 1 is 1.03 bits per heavy atom. The van der Waals surface area contributed by atoms with Crippen LogP contribution in [0.1, 0.15) is 18.0 Å². The zero-order valence-corrected chi connectivity index (χ0v) is 17.9. The van der Waals surface area contributed by atoms with Gasteiger partial charge in [-0.3, -0.25) is 9.59 Å². The number of carbonyl (C=O) groups excluding carboxylic acids is 2.